The first-order valence-electron chi connectivity index (χ1n) is 15.5. The van der Waals surface area contributed by atoms with E-state index in [-0.39, 0.29) is 11.5 Å². The SMILES string of the molecule is C/C(=C\c1ccc2nc(C3(NC(=O)c4ccc5c(C6CCCC6)c(-c6ncc(Cl)cn6)n(C)c5c4)CCC3)n(C)c2c1)C(=O)O. The van der Waals surface area contributed by atoms with Gasteiger partial charge in [-0.15, -0.1) is 0 Å². The van der Waals surface area contributed by atoms with E-state index in [0.717, 1.165) is 71.1 Å². The summed E-state index contributed by atoms with van der Waals surface area (Å²) in [4.78, 5) is 39.4. The van der Waals surface area contributed by atoms with Gasteiger partial charge >= 0.3 is 5.97 Å². The van der Waals surface area contributed by atoms with Gasteiger partial charge in [0.25, 0.3) is 5.91 Å². The molecule has 3 aromatic heterocycles. The number of aryl methyl sites for hydroxylation is 2. The lowest BCUT2D eigenvalue weighted by atomic mass is 9.75. The van der Waals surface area contributed by atoms with Crippen LogP contribution in [-0.4, -0.2) is 41.1 Å². The first kappa shape index (κ1) is 29.2. The maximum Gasteiger partial charge on any atom is 0.331 e. The molecule has 2 saturated carbocycles. The third kappa shape index (κ3) is 4.99. The summed E-state index contributed by atoms with van der Waals surface area (Å²) in [6.07, 6.45) is 12.1. The van der Waals surface area contributed by atoms with E-state index in [2.05, 4.69) is 25.9 Å². The molecule has 2 aromatic carbocycles. The van der Waals surface area contributed by atoms with E-state index in [1.165, 1.54) is 18.4 Å². The van der Waals surface area contributed by atoms with Crippen LogP contribution in [0.25, 0.3) is 39.5 Å². The van der Waals surface area contributed by atoms with Crippen LogP contribution in [0.5, 0.6) is 0 Å². The van der Waals surface area contributed by atoms with Crippen LogP contribution in [0.1, 0.15) is 85.1 Å². The van der Waals surface area contributed by atoms with E-state index in [9.17, 15) is 14.7 Å². The molecule has 2 fully saturated rings. The predicted molar refractivity (Wildman–Crippen MR) is 175 cm³/mol. The summed E-state index contributed by atoms with van der Waals surface area (Å²) >= 11 is 6.12. The number of carbonyl (C=O) groups excluding carboxylic acids is 1. The fourth-order valence-electron chi connectivity index (χ4n) is 7.20. The summed E-state index contributed by atoms with van der Waals surface area (Å²) in [5.41, 5.74) is 5.96. The highest BCUT2D eigenvalue weighted by molar-refractivity contribution is 6.30. The average Bonchev–Trinajstić information content (AvgIpc) is 3.72. The average molecular weight is 623 g/mol. The number of nitrogens with zero attached hydrogens (tertiary/aromatic N) is 5. The third-order valence-corrected chi connectivity index (χ3v) is 9.91. The van der Waals surface area contributed by atoms with Gasteiger partial charge in [0.1, 0.15) is 5.82 Å². The van der Waals surface area contributed by atoms with Crippen molar-refractivity contribution >= 4 is 51.5 Å². The van der Waals surface area contributed by atoms with E-state index in [1.807, 2.05) is 49.0 Å². The van der Waals surface area contributed by atoms with Crippen LogP contribution in [0.4, 0.5) is 0 Å². The van der Waals surface area contributed by atoms with Gasteiger partial charge in [-0.05, 0) is 86.4 Å². The second-order valence-corrected chi connectivity index (χ2v) is 13.0. The number of hydrogen-bond donors (Lipinski definition) is 2. The van der Waals surface area contributed by atoms with Gasteiger partial charge < -0.3 is 19.6 Å². The zero-order chi connectivity index (χ0) is 31.5. The molecule has 0 radical (unpaired) electrons. The Labute approximate surface area is 266 Å². The summed E-state index contributed by atoms with van der Waals surface area (Å²) < 4.78 is 4.14. The quantitative estimate of drug-likeness (QED) is 0.187. The lowest BCUT2D eigenvalue weighted by molar-refractivity contribution is -0.132. The van der Waals surface area contributed by atoms with Crippen LogP contribution in [-0.2, 0) is 24.4 Å². The second-order valence-electron chi connectivity index (χ2n) is 12.5. The van der Waals surface area contributed by atoms with Gasteiger partial charge in [-0.25, -0.2) is 19.7 Å². The number of rotatable bonds is 7. The molecule has 0 atom stereocenters. The van der Waals surface area contributed by atoms with Gasteiger partial charge in [-0.3, -0.25) is 4.79 Å². The minimum Gasteiger partial charge on any atom is -0.478 e. The van der Waals surface area contributed by atoms with Crippen molar-refractivity contribution in [3.8, 4) is 11.5 Å². The van der Waals surface area contributed by atoms with E-state index < -0.39 is 11.5 Å². The number of carbonyl (C=O) groups is 2. The number of imidazole rings is 1. The van der Waals surface area contributed by atoms with Crippen LogP contribution in [0.15, 0.2) is 54.4 Å². The van der Waals surface area contributed by atoms with Crippen LogP contribution in [0, 0.1) is 0 Å². The van der Waals surface area contributed by atoms with Gasteiger partial charge in [0.15, 0.2) is 5.82 Å². The lowest BCUT2D eigenvalue weighted by Gasteiger charge is -2.41. The fourth-order valence-corrected chi connectivity index (χ4v) is 7.30. The molecule has 9 nitrogen and oxygen atoms in total. The number of aliphatic carboxylic acids is 1. The fraction of sp³-hybridized carbons (Fsp3) is 0.343. The molecule has 0 spiro atoms. The molecule has 3 heterocycles. The Morgan fingerprint density at radius 1 is 1.00 bits per heavy atom. The smallest absolute Gasteiger partial charge is 0.331 e. The number of benzene rings is 2. The van der Waals surface area contributed by atoms with Crippen LogP contribution in [0.3, 0.4) is 0 Å². The number of nitrogens with one attached hydrogen (secondary N) is 1. The number of aromatic nitrogens is 5. The van der Waals surface area contributed by atoms with E-state index in [0.29, 0.717) is 22.3 Å². The highest BCUT2D eigenvalue weighted by Crippen LogP contribution is 2.45. The molecule has 7 rings (SSSR count). The molecular formula is C35H35ClN6O3. The molecule has 0 aliphatic heterocycles. The van der Waals surface area contributed by atoms with Gasteiger partial charge in [0, 0.05) is 48.5 Å². The molecule has 5 aromatic rings. The van der Waals surface area contributed by atoms with E-state index in [4.69, 9.17) is 16.6 Å². The molecule has 1 amide bonds. The Morgan fingerprint density at radius 2 is 1.73 bits per heavy atom. The summed E-state index contributed by atoms with van der Waals surface area (Å²) in [5, 5.41) is 14.3. The van der Waals surface area contributed by atoms with Crippen molar-refractivity contribution in [3.05, 3.63) is 81.9 Å². The summed E-state index contributed by atoms with van der Waals surface area (Å²) in [7, 11) is 3.97. The molecule has 2 aliphatic carbocycles. The number of halogens is 1. The Morgan fingerprint density at radius 3 is 2.40 bits per heavy atom. The first-order valence-corrected chi connectivity index (χ1v) is 15.8. The highest BCUT2D eigenvalue weighted by Gasteiger charge is 2.44. The number of amides is 1. The van der Waals surface area contributed by atoms with E-state index in [1.54, 1.807) is 25.4 Å². The number of carboxylic acids is 1. The molecule has 45 heavy (non-hydrogen) atoms. The maximum atomic E-state index is 13.9. The minimum absolute atomic E-state index is 0.141. The highest BCUT2D eigenvalue weighted by atomic mass is 35.5. The van der Waals surface area contributed by atoms with Crippen molar-refractivity contribution in [2.45, 2.75) is 63.3 Å². The van der Waals surface area contributed by atoms with Crippen LogP contribution < -0.4 is 5.32 Å². The monoisotopic (exact) mass is 622 g/mol. The van der Waals surface area contributed by atoms with Gasteiger partial charge in [0.05, 0.1) is 27.3 Å². The number of fused-ring (bicyclic) bond motifs is 2. The lowest BCUT2D eigenvalue weighted by Crippen LogP contribution is -2.52. The van der Waals surface area contributed by atoms with Crippen molar-refractivity contribution in [1.82, 2.24) is 29.4 Å². The van der Waals surface area contributed by atoms with E-state index >= 15 is 0 Å². The number of hydrogen-bond acceptors (Lipinski definition) is 5. The van der Waals surface area contributed by atoms with Gasteiger partial charge in [-0.2, -0.15) is 0 Å². The van der Waals surface area contributed by atoms with Crippen molar-refractivity contribution in [2.75, 3.05) is 0 Å². The second kappa shape index (κ2) is 11.1. The Bertz CT molecular complexity index is 2010. The normalized spacial score (nSPS) is 16.8. The molecular weight excluding hydrogens is 588 g/mol. The van der Waals surface area contributed by atoms with Crippen molar-refractivity contribution in [2.24, 2.45) is 14.1 Å². The van der Waals surface area contributed by atoms with Gasteiger partial charge in [0.2, 0.25) is 0 Å². The zero-order valence-electron chi connectivity index (χ0n) is 25.6. The Balaban J connectivity index is 1.24. The number of carboxylic acid groups (broad SMARTS) is 1. The zero-order valence-corrected chi connectivity index (χ0v) is 26.4. The molecule has 2 N–H and O–H groups in total. The van der Waals surface area contributed by atoms with Crippen LogP contribution >= 0.6 is 11.6 Å². The molecule has 0 bridgehead atoms. The standard InChI is InChI=1S/C35H35ClN6O3/c1-20(33(44)45)15-21-9-12-26-28(16-21)42(3)34(39-26)35(13-6-14-35)40-32(43)23-10-11-25-27(17-23)41(2)30(29(25)22-7-4-5-8-22)31-37-18-24(36)19-38-31/h9-12,15-19,22H,4-8,13-14H2,1-3H3,(H,40,43)(H,44,45)/b20-15+. The molecule has 0 saturated heterocycles. The van der Waals surface area contributed by atoms with Crippen molar-refractivity contribution in [1.29, 1.82) is 0 Å². The maximum absolute atomic E-state index is 13.9. The summed E-state index contributed by atoms with van der Waals surface area (Å²) in [6, 6.07) is 11.7. The molecule has 10 heteroatoms. The minimum atomic E-state index is -0.949. The van der Waals surface area contributed by atoms with Crippen LogP contribution in [0.2, 0.25) is 5.02 Å². The molecule has 2 aliphatic rings. The Kier molecular flexibility index (Phi) is 7.23. The van der Waals surface area contributed by atoms with Crippen molar-refractivity contribution in [3.63, 3.8) is 0 Å². The summed E-state index contributed by atoms with van der Waals surface area (Å²) in [6.45, 7) is 1.58. The van der Waals surface area contributed by atoms with Gasteiger partial charge in [-0.1, -0.05) is 36.6 Å². The topological polar surface area (TPSA) is 115 Å². The summed E-state index contributed by atoms with van der Waals surface area (Å²) in [5.74, 6) is 0.770. The molecule has 0 unspecified atom stereocenters. The largest absolute Gasteiger partial charge is 0.478 e. The first-order chi connectivity index (χ1) is 21.6. The molecule has 230 valence electrons. The van der Waals surface area contributed by atoms with Crippen molar-refractivity contribution < 1.29 is 14.7 Å². The third-order valence-electron chi connectivity index (χ3n) is 9.71. The Hall–Kier alpha value is -4.50. The predicted octanol–water partition coefficient (Wildman–Crippen LogP) is 7.13.